The van der Waals surface area contributed by atoms with Gasteiger partial charge in [-0.2, -0.15) is 0 Å². The molecule has 1 atom stereocenters. The maximum absolute atomic E-state index is 13.7. The van der Waals surface area contributed by atoms with Crippen molar-refractivity contribution >= 4 is 15.7 Å². The normalized spacial score (nSPS) is 18.0. The number of halogens is 2. The van der Waals surface area contributed by atoms with Gasteiger partial charge in [-0.05, 0) is 25.0 Å². The van der Waals surface area contributed by atoms with E-state index in [4.69, 9.17) is 5.73 Å². The van der Waals surface area contributed by atoms with Crippen molar-refractivity contribution < 1.29 is 22.0 Å². The van der Waals surface area contributed by atoms with E-state index in [2.05, 4.69) is 0 Å². The number of benzene rings is 1. The number of nitrogens with zero attached hydrogens (tertiary/aromatic N) is 1. The van der Waals surface area contributed by atoms with E-state index in [1.807, 2.05) is 0 Å². The van der Waals surface area contributed by atoms with Crippen LogP contribution in [0.3, 0.4) is 0 Å². The minimum atomic E-state index is -3.15. The second-order valence-corrected chi connectivity index (χ2v) is 8.16. The Balaban J connectivity index is 2.08. The number of carbonyl (C=O) groups excluding carboxylic acids is 1. The molecular formula is C15H20F2N2O3S. The third-order valence-corrected chi connectivity index (χ3v) is 6.53. The van der Waals surface area contributed by atoms with Crippen LogP contribution >= 0.6 is 0 Å². The lowest BCUT2D eigenvalue weighted by Gasteiger charge is -2.33. The summed E-state index contributed by atoms with van der Waals surface area (Å²) in [7, 11) is -3.15. The molecule has 1 aromatic carbocycles. The molecule has 1 unspecified atom stereocenters. The molecule has 5 nitrogen and oxygen atoms in total. The zero-order valence-corrected chi connectivity index (χ0v) is 13.7. The quantitative estimate of drug-likeness (QED) is 0.893. The molecule has 1 fully saturated rings. The van der Waals surface area contributed by atoms with Gasteiger partial charge in [-0.1, -0.05) is 13.0 Å². The number of piperidine rings is 1. The summed E-state index contributed by atoms with van der Waals surface area (Å²) in [5, 5.41) is -0.474. The molecule has 128 valence electrons. The number of hydrogen-bond donors (Lipinski definition) is 1. The molecular weight excluding hydrogens is 326 g/mol. The molecule has 1 aromatic rings. The highest BCUT2D eigenvalue weighted by Crippen LogP contribution is 2.24. The highest BCUT2D eigenvalue weighted by atomic mass is 32.2. The molecule has 23 heavy (non-hydrogen) atoms. The number of hydrogen-bond acceptors (Lipinski definition) is 4. The SMILES string of the molecule is CCS(=O)(=O)C1CCN(C(=O)C(N)c2c(F)cccc2F)CC1. The number of rotatable bonds is 4. The summed E-state index contributed by atoms with van der Waals surface area (Å²) < 4.78 is 51.1. The van der Waals surface area contributed by atoms with Gasteiger partial charge in [0.1, 0.15) is 17.7 Å². The molecule has 1 amide bonds. The third kappa shape index (κ3) is 3.69. The van der Waals surface area contributed by atoms with Gasteiger partial charge in [0, 0.05) is 24.4 Å². The Morgan fingerprint density at radius 1 is 1.30 bits per heavy atom. The number of sulfone groups is 1. The first-order chi connectivity index (χ1) is 10.8. The van der Waals surface area contributed by atoms with Crippen LogP contribution in [0.2, 0.25) is 0 Å². The molecule has 0 saturated carbocycles. The molecule has 0 bridgehead atoms. The lowest BCUT2D eigenvalue weighted by Crippen LogP contribution is -2.46. The average molecular weight is 346 g/mol. The molecule has 1 heterocycles. The highest BCUT2D eigenvalue weighted by molar-refractivity contribution is 7.92. The van der Waals surface area contributed by atoms with Gasteiger partial charge in [-0.3, -0.25) is 4.79 Å². The monoisotopic (exact) mass is 346 g/mol. The Morgan fingerprint density at radius 2 is 1.83 bits per heavy atom. The second kappa shape index (κ2) is 6.92. The Kier molecular flexibility index (Phi) is 5.36. The van der Waals surface area contributed by atoms with Crippen molar-refractivity contribution in [3.63, 3.8) is 0 Å². The summed E-state index contributed by atoms with van der Waals surface area (Å²) in [5.41, 5.74) is 5.27. The summed E-state index contributed by atoms with van der Waals surface area (Å²) in [6.07, 6.45) is 0.628. The molecule has 1 aliphatic rings. The van der Waals surface area contributed by atoms with Crippen LogP contribution in [0.5, 0.6) is 0 Å². The Labute approximate surface area is 134 Å². The number of likely N-dealkylation sites (tertiary alicyclic amines) is 1. The maximum Gasteiger partial charge on any atom is 0.244 e. The molecule has 2 rings (SSSR count). The minimum Gasteiger partial charge on any atom is -0.341 e. The Bertz CT molecular complexity index is 666. The topological polar surface area (TPSA) is 80.5 Å². The van der Waals surface area contributed by atoms with Gasteiger partial charge in [-0.15, -0.1) is 0 Å². The average Bonchev–Trinajstić information content (AvgIpc) is 2.54. The van der Waals surface area contributed by atoms with E-state index in [1.165, 1.54) is 11.0 Å². The lowest BCUT2D eigenvalue weighted by atomic mass is 10.0. The van der Waals surface area contributed by atoms with Gasteiger partial charge in [0.15, 0.2) is 9.84 Å². The predicted molar refractivity (Wildman–Crippen MR) is 82.3 cm³/mol. The van der Waals surface area contributed by atoms with Crippen LogP contribution in [-0.4, -0.2) is 43.3 Å². The molecule has 1 saturated heterocycles. The van der Waals surface area contributed by atoms with Crippen molar-refractivity contribution in [3.8, 4) is 0 Å². The first kappa shape index (κ1) is 17.8. The van der Waals surface area contributed by atoms with Crippen LogP contribution < -0.4 is 5.73 Å². The van der Waals surface area contributed by atoms with Crippen molar-refractivity contribution in [1.29, 1.82) is 0 Å². The molecule has 0 spiro atoms. The molecule has 0 aromatic heterocycles. The summed E-state index contributed by atoms with van der Waals surface area (Å²) in [5.74, 6) is -2.27. The van der Waals surface area contributed by atoms with E-state index >= 15 is 0 Å². The zero-order valence-electron chi connectivity index (χ0n) is 12.8. The molecule has 8 heteroatoms. The number of nitrogens with two attached hydrogens (primary N) is 1. The van der Waals surface area contributed by atoms with E-state index in [9.17, 15) is 22.0 Å². The van der Waals surface area contributed by atoms with Crippen LogP contribution in [0.25, 0.3) is 0 Å². The minimum absolute atomic E-state index is 0.0611. The molecule has 2 N–H and O–H groups in total. The Morgan fingerprint density at radius 3 is 2.30 bits per heavy atom. The fourth-order valence-electron chi connectivity index (χ4n) is 2.80. The second-order valence-electron chi connectivity index (χ2n) is 5.59. The van der Waals surface area contributed by atoms with Crippen LogP contribution in [0.1, 0.15) is 31.4 Å². The first-order valence-corrected chi connectivity index (χ1v) is 9.19. The smallest absolute Gasteiger partial charge is 0.244 e. The van der Waals surface area contributed by atoms with Crippen LogP contribution in [0.15, 0.2) is 18.2 Å². The fraction of sp³-hybridized carbons (Fsp3) is 0.533. The maximum atomic E-state index is 13.7. The number of carbonyl (C=O) groups is 1. The molecule has 0 aliphatic carbocycles. The third-order valence-electron chi connectivity index (χ3n) is 4.24. The van der Waals surface area contributed by atoms with Gasteiger partial charge in [0.25, 0.3) is 0 Å². The Hall–Kier alpha value is -1.54. The van der Waals surface area contributed by atoms with Crippen LogP contribution in [-0.2, 0) is 14.6 Å². The predicted octanol–water partition coefficient (Wildman–Crippen LogP) is 1.39. The summed E-state index contributed by atoms with van der Waals surface area (Å²) in [4.78, 5) is 13.7. The van der Waals surface area contributed by atoms with Crippen molar-refractivity contribution in [2.75, 3.05) is 18.8 Å². The summed E-state index contributed by atoms with van der Waals surface area (Å²) in [6, 6.07) is 1.86. The van der Waals surface area contributed by atoms with Crippen molar-refractivity contribution in [3.05, 3.63) is 35.4 Å². The lowest BCUT2D eigenvalue weighted by molar-refractivity contribution is -0.133. The van der Waals surface area contributed by atoms with Gasteiger partial charge in [-0.25, -0.2) is 17.2 Å². The fourth-order valence-corrected chi connectivity index (χ4v) is 4.20. The van der Waals surface area contributed by atoms with Gasteiger partial charge in [0.2, 0.25) is 5.91 Å². The molecule has 0 radical (unpaired) electrons. The largest absolute Gasteiger partial charge is 0.341 e. The van der Waals surface area contributed by atoms with E-state index in [0.29, 0.717) is 12.8 Å². The molecule has 1 aliphatic heterocycles. The first-order valence-electron chi connectivity index (χ1n) is 7.47. The summed E-state index contributed by atoms with van der Waals surface area (Å²) in [6.45, 7) is 2.02. The van der Waals surface area contributed by atoms with Crippen LogP contribution in [0, 0.1) is 11.6 Å². The van der Waals surface area contributed by atoms with Gasteiger partial charge >= 0.3 is 0 Å². The number of amides is 1. The van der Waals surface area contributed by atoms with E-state index in [1.54, 1.807) is 6.92 Å². The van der Waals surface area contributed by atoms with E-state index in [-0.39, 0.29) is 18.8 Å². The van der Waals surface area contributed by atoms with E-state index in [0.717, 1.165) is 12.1 Å². The van der Waals surface area contributed by atoms with Gasteiger partial charge in [0.05, 0.1) is 5.25 Å². The van der Waals surface area contributed by atoms with Crippen LogP contribution in [0.4, 0.5) is 8.78 Å². The van der Waals surface area contributed by atoms with E-state index < -0.39 is 44.2 Å². The zero-order chi connectivity index (χ0) is 17.2. The highest BCUT2D eigenvalue weighted by Gasteiger charge is 2.33. The summed E-state index contributed by atoms with van der Waals surface area (Å²) >= 11 is 0. The standard InChI is InChI=1S/C15H20F2N2O3S/c1-2-23(21,22)10-6-8-19(9-7-10)15(20)14(18)13-11(16)4-3-5-12(13)17/h3-5,10,14H,2,6-9,18H2,1H3. The van der Waals surface area contributed by atoms with Crippen molar-refractivity contribution in [2.24, 2.45) is 5.73 Å². The van der Waals surface area contributed by atoms with Gasteiger partial charge < -0.3 is 10.6 Å². The van der Waals surface area contributed by atoms with Crippen molar-refractivity contribution in [1.82, 2.24) is 4.90 Å². The van der Waals surface area contributed by atoms with Crippen molar-refractivity contribution in [2.45, 2.75) is 31.1 Å².